The van der Waals surface area contributed by atoms with E-state index in [4.69, 9.17) is 4.74 Å². The number of nitrogens with one attached hydrogen (secondary N) is 4. The van der Waals surface area contributed by atoms with Gasteiger partial charge < -0.3 is 41.0 Å². The number of anilines is 1. The Kier molecular flexibility index (Phi) is 4.88. The summed E-state index contributed by atoms with van der Waals surface area (Å²) in [7, 11) is 0. The third kappa shape index (κ3) is 3.33. The number of aromatic nitrogens is 4. The highest BCUT2D eigenvalue weighted by atomic mass is 16.5. The van der Waals surface area contributed by atoms with Crippen LogP contribution >= 0.6 is 0 Å². The van der Waals surface area contributed by atoms with Crippen molar-refractivity contribution in [3.63, 3.8) is 0 Å². The molecule has 2 aromatic heterocycles. The first-order valence-electron chi connectivity index (χ1n) is 8.65. The summed E-state index contributed by atoms with van der Waals surface area (Å²) >= 11 is 0. The average Bonchev–Trinajstić information content (AvgIpc) is 3.09. The van der Waals surface area contributed by atoms with Gasteiger partial charge in [0.25, 0.3) is 0 Å². The van der Waals surface area contributed by atoms with Crippen LogP contribution in [0.2, 0.25) is 0 Å². The highest BCUT2D eigenvalue weighted by Gasteiger charge is 2.46. The fourth-order valence-corrected chi connectivity index (χ4v) is 3.21. The van der Waals surface area contributed by atoms with E-state index in [-0.39, 0.29) is 11.9 Å². The summed E-state index contributed by atoms with van der Waals surface area (Å²) in [6, 6.07) is -1.28. The SMILES string of the molecule is O=C(N[C@@H]1[C@@H](O)[C@H](O)[C@@H](Nc2ncnc3nc[nH]c23)O[C@H]1CO)[C@H]1CCN1. The number of nitrogens with zero attached hydrogens (tertiary/aromatic N) is 3. The van der Waals surface area contributed by atoms with Crippen molar-refractivity contribution in [1.29, 1.82) is 0 Å². The summed E-state index contributed by atoms with van der Waals surface area (Å²) in [5.41, 5.74) is 0.935. The number of fused-ring (bicyclic) bond motifs is 1. The molecule has 0 spiro atoms. The number of H-pyrrole nitrogens is 1. The van der Waals surface area contributed by atoms with E-state index in [1.165, 1.54) is 12.7 Å². The molecule has 2 aliphatic rings. The number of aliphatic hydroxyl groups is 3. The third-order valence-electron chi connectivity index (χ3n) is 4.88. The Bertz CT molecular complexity index is 811. The van der Waals surface area contributed by atoms with Crippen LogP contribution in [-0.2, 0) is 9.53 Å². The van der Waals surface area contributed by atoms with Gasteiger partial charge in [0.1, 0.15) is 30.2 Å². The summed E-state index contributed by atoms with van der Waals surface area (Å²) in [6.07, 6.45) is -1.25. The van der Waals surface area contributed by atoms with Crippen molar-refractivity contribution in [2.24, 2.45) is 0 Å². The molecule has 1 amide bonds. The topological polar surface area (TPSA) is 178 Å². The van der Waals surface area contributed by atoms with Gasteiger partial charge in [0.05, 0.1) is 25.0 Å². The van der Waals surface area contributed by atoms with Gasteiger partial charge >= 0.3 is 0 Å². The van der Waals surface area contributed by atoms with Crippen LogP contribution in [0, 0.1) is 0 Å². The number of imidazole rings is 1. The van der Waals surface area contributed by atoms with Crippen LogP contribution in [0.3, 0.4) is 0 Å². The zero-order valence-electron chi connectivity index (χ0n) is 14.2. The first-order chi connectivity index (χ1) is 13.1. The Balaban J connectivity index is 1.49. The Morgan fingerprint density at radius 1 is 1.30 bits per heavy atom. The summed E-state index contributed by atoms with van der Waals surface area (Å²) in [5, 5.41) is 39.1. The van der Waals surface area contributed by atoms with Gasteiger partial charge in [-0.2, -0.15) is 0 Å². The maximum absolute atomic E-state index is 12.1. The highest BCUT2D eigenvalue weighted by molar-refractivity contribution is 5.83. The normalized spacial score (nSPS) is 33.4. The molecule has 4 rings (SSSR count). The van der Waals surface area contributed by atoms with Crippen LogP contribution in [0.1, 0.15) is 6.42 Å². The summed E-state index contributed by atoms with van der Waals surface area (Å²) in [4.78, 5) is 27.1. The highest BCUT2D eigenvalue weighted by Crippen LogP contribution is 2.24. The van der Waals surface area contributed by atoms with E-state index in [2.05, 4.69) is 35.9 Å². The van der Waals surface area contributed by atoms with Crippen LogP contribution < -0.4 is 16.0 Å². The zero-order valence-corrected chi connectivity index (χ0v) is 14.2. The smallest absolute Gasteiger partial charge is 0.237 e. The first kappa shape index (κ1) is 18.0. The number of ether oxygens (including phenoxy) is 1. The molecule has 0 unspecified atom stereocenters. The minimum atomic E-state index is -1.37. The van der Waals surface area contributed by atoms with Crippen LogP contribution in [0.5, 0.6) is 0 Å². The number of carbonyl (C=O) groups excluding carboxylic acids is 1. The van der Waals surface area contributed by atoms with Crippen molar-refractivity contribution in [2.45, 2.75) is 43.0 Å². The summed E-state index contributed by atoms with van der Waals surface area (Å²) < 4.78 is 5.69. The Labute approximate surface area is 153 Å². The van der Waals surface area contributed by atoms with Crippen molar-refractivity contribution in [2.75, 3.05) is 18.5 Å². The average molecular weight is 379 g/mol. The molecule has 6 atom stereocenters. The van der Waals surface area contributed by atoms with Gasteiger partial charge in [-0.25, -0.2) is 15.0 Å². The van der Waals surface area contributed by atoms with Crippen LogP contribution in [-0.4, -0.2) is 90.9 Å². The lowest BCUT2D eigenvalue weighted by Crippen LogP contribution is -2.68. The molecule has 0 radical (unpaired) electrons. The quantitative estimate of drug-likeness (QED) is 0.284. The van der Waals surface area contributed by atoms with E-state index in [1.54, 1.807) is 0 Å². The molecule has 2 fully saturated rings. The molecule has 12 heteroatoms. The molecule has 27 heavy (non-hydrogen) atoms. The lowest BCUT2D eigenvalue weighted by molar-refractivity contribution is -0.185. The minimum absolute atomic E-state index is 0.305. The van der Waals surface area contributed by atoms with Crippen molar-refractivity contribution in [3.05, 3.63) is 12.7 Å². The number of aromatic amines is 1. The second-order valence-electron chi connectivity index (χ2n) is 6.56. The Morgan fingerprint density at radius 3 is 2.81 bits per heavy atom. The molecule has 2 aromatic rings. The lowest BCUT2D eigenvalue weighted by atomic mass is 9.94. The molecular weight excluding hydrogens is 358 g/mol. The second-order valence-corrected chi connectivity index (χ2v) is 6.56. The van der Waals surface area contributed by atoms with Crippen LogP contribution in [0.15, 0.2) is 12.7 Å². The van der Waals surface area contributed by atoms with E-state index in [0.717, 1.165) is 6.54 Å². The minimum Gasteiger partial charge on any atom is -0.394 e. The van der Waals surface area contributed by atoms with Gasteiger partial charge in [0, 0.05) is 0 Å². The molecule has 12 nitrogen and oxygen atoms in total. The van der Waals surface area contributed by atoms with Crippen LogP contribution in [0.4, 0.5) is 5.82 Å². The maximum atomic E-state index is 12.1. The van der Waals surface area contributed by atoms with Crippen molar-refractivity contribution in [1.82, 2.24) is 30.6 Å². The van der Waals surface area contributed by atoms with E-state index >= 15 is 0 Å². The van der Waals surface area contributed by atoms with Gasteiger partial charge in [-0.3, -0.25) is 4.79 Å². The summed E-state index contributed by atoms with van der Waals surface area (Å²) in [6.45, 7) is 0.301. The molecule has 7 N–H and O–H groups in total. The molecule has 0 aliphatic carbocycles. The first-order valence-corrected chi connectivity index (χ1v) is 8.65. The van der Waals surface area contributed by atoms with Gasteiger partial charge in [-0.1, -0.05) is 0 Å². The number of aliphatic hydroxyl groups excluding tert-OH is 3. The van der Waals surface area contributed by atoms with Crippen molar-refractivity contribution >= 4 is 22.9 Å². The van der Waals surface area contributed by atoms with E-state index in [0.29, 0.717) is 23.4 Å². The van der Waals surface area contributed by atoms with Gasteiger partial charge in [0.2, 0.25) is 5.91 Å². The monoisotopic (exact) mass is 379 g/mol. The maximum Gasteiger partial charge on any atom is 0.237 e. The van der Waals surface area contributed by atoms with Crippen LogP contribution in [0.25, 0.3) is 11.2 Å². The standard InChI is InChI=1S/C15H21N7O5/c23-3-7-8(21-14(26)6-1-2-16-6)10(24)11(25)15(27-7)22-13-9-12(18-4-17-9)19-5-20-13/h4-8,10-11,15-16,23-25H,1-3H2,(H,21,26)(H2,17,18,19,20,22)/t6-,7+,8+,10-,11+,15+/m1/s1. The molecule has 146 valence electrons. The van der Waals surface area contributed by atoms with Gasteiger partial charge in [-0.05, 0) is 13.0 Å². The predicted molar refractivity (Wildman–Crippen MR) is 91.4 cm³/mol. The largest absolute Gasteiger partial charge is 0.394 e. The lowest BCUT2D eigenvalue weighted by Gasteiger charge is -2.43. The fourth-order valence-electron chi connectivity index (χ4n) is 3.21. The molecule has 4 heterocycles. The van der Waals surface area contributed by atoms with Gasteiger partial charge in [-0.15, -0.1) is 0 Å². The predicted octanol–water partition coefficient (Wildman–Crippen LogP) is -2.95. The van der Waals surface area contributed by atoms with E-state index in [1.807, 2.05) is 0 Å². The molecule has 2 saturated heterocycles. The number of carbonyl (C=O) groups is 1. The molecule has 0 saturated carbocycles. The molecule has 2 aliphatic heterocycles. The number of amides is 1. The van der Waals surface area contributed by atoms with E-state index in [9.17, 15) is 20.1 Å². The number of rotatable bonds is 5. The molecule has 0 bridgehead atoms. The van der Waals surface area contributed by atoms with Crippen molar-refractivity contribution < 1.29 is 24.9 Å². The Morgan fingerprint density at radius 2 is 2.11 bits per heavy atom. The third-order valence-corrected chi connectivity index (χ3v) is 4.88. The van der Waals surface area contributed by atoms with E-state index < -0.39 is 37.2 Å². The van der Waals surface area contributed by atoms with Crippen molar-refractivity contribution in [3.8, 4) is 0 Å². The summed E-state index contributed by atoms with van der Waals surface area (Å²) in [5.74, 6) is 0.0209. The zero-order chi connectivity index (χ0) is 19.0. The number of hydrogen-bond acceptors (Lipinski definition) is 10. The fraction of sp³-hybridized carbons (Fsp3) is 0.600. The molecule has 0 aromatic carbocycles. The molecular formula is C15H21N7O5. The number of hydrogen-bond donors (Lipinski definition) is 7. The van der Waals surface area contributed by atoms with Gasteiger partial charge in [0.15, 0.2) is 17.7 Å². The second kappa shape index (κ2) is 7.32. The Hall–Kier alpha value is -2.38.